The Hall–Kier alpha value is -3.43. The van der Waals surface area contributed by atoms with Crippen molar-refractivity contribution < 1.29 is 33.6 Å². The van der Waals surface area contributed by atoms with Gasteiger partial charge in [-0.2, -0.15) is 0 Å². The van der Waals surface area contributed by atoms with E-state index < -0.39 is 5.78 Å². The Labute approximate surface area is 215 Å². The second kappa shape index (κ2) is 14.1. The van der Waals surface area contributed by atoms with Gasteiger partial charge in [0, 0.05) is 0 Å². The van der Waals surface area contributed by atoms with Gasteiger partial charge in [-0.15, -0.1) is 0 Å². The monoisotopic (exact) mass is 516 g/mol. The number of aliphatic hydroxyl groups is 1. The second-order valence-corrected chi connectivity index (χ2v) is 8.37. The minimum atomic E-state index is -0.443. The molecule has 0 aromatic heterocycles. The molecule has 9 heteroatoms. The molecule has 0 saturated heterocycles. The SMILES string of the molecule is CCOC(=S)SC(C(=O)/C=C/c1ccc(OC)c(OC)c1)=C(O)/C=C/c1ccc(OC)c(OC)c1. The first-order chi connectivity index (χ1) is 16.9. The number of aliphatic hydroxyl groups excluding tert-OH is 1. The largest absolute Gasteiger partial charge is 0.507 e. The van der Waals surface area contributed by atoms with E-state index >= 15 is 0 Å². The number of ether oxygens (including phenoxy) is 5. The topological polar surface area (TPSA) is 83.5 Å². The minimum Gasteiger partial charge on any atom is -0.507 e. The Morgan fingerprint density at radius 3 is 1.80 bits per heavy atom. The van der Waals surface area contributed by atoms with E-state index in [0.29, 0.717) is 35.2 Å². The zero-order chi connectivity index (χ0) is 25.8. The first-order valence-electron chi connectivity index (χ1n) is 10.5. The van der Waals surface area contributed by atoms with Gasteiger partial charge in [0.15, 0.2) is 28.8 Å². The fourth-order valence-corrected chi connectivity index (χ4v) is 3.92. The highest BCUT2D eigenvalue weighted by molar-refractivity contribution is 8.25. The van der Waals surface area contributed by atoms with Gasteiger partial charge in [0.2, 0.25) is 4.38 Å². The van der Waals surface area contributed by atoms with Crippen LogP contribution >= 0.6 is 24.0 Å². The fourth-order valence-electron chi connectivity index (χ4n) is 2.87. The summed E-state index contributed by atoms with van der Waals surface area (Å²) in [4.78, 5) is 13.0. The highest BCUT2D eigenvalue weighted by Crippen LogP contribution is 2.30. The number of carbonyl (C=O) groups is 1. The summed E-state index contributed by atoms with van der Waals surface area (Å²) in [6.07, 6.45) is 6.02. The summed E-state index contributed by atoms with van der Waals surface area (Å²) in [5.74, 6) is 1.53. The van der Waals surface area contributed by atoms with E-state index in [-0.39, 0.29) is 15.0 Å². The second-order valence-electron chi connectivity index (χ2n) is 6.76. The highest BCUT2D eigenvalue weighted by Gasteiger charge is 2.16. The Morgan fingerprint density at radius 1 is 0.857 bits per heavy atom. The van der Waals surface area contributed by atoms with Crippen molar-refractivity contribution in [2.45, 2.75) is 6.92 Å². The molecule has 0 aliphatic rings. The maximum atomic E-state index is 13.0. The quantitative estimate of drug-likeness (QED) is 0.171. The molecule has 1 N–H and O–H groups in total. The predicted molar refractivity (Wildman–Crippen MR) is 144 cm³/mol. The molecule has 0 atom stereocenters. The third-order valence-electron chi connectivity index (χ3n) is 4.58. The lowest BCUT2D eigenvalue weighted by Gasteiger charge is -2.09. The predicted octanol–water partition coefficient (Wildman–Crippen LogP) is 5.84. The van der Waals surface area contributed by atoms with Gasteiger partial charge in [0.05, 0.1) is 35.0 Å². The van der Waals surface area contributed by atoms with Crippen LogP contribution in [0.5, 0.6) is 23.0 Å². The van der Waals surface area contributed by atoms with Crippen LogP contribution in [0.1, 0.15) is 18.1 Å². The molecule has 0 spiro atoms. The van der Waals surface area contributed by atoms with Gasteiger partial charge in [-0.1, -0.05) is 24.3 Å². The van der Waals surface area contributed by atoms with Gasteiger partial charge in [0.25, 0.3) is 0 Å². The van der Waals surface area contributed by atoms with Crippen molar-refractivity contribution in [3.8, 4) is 23.0 Å². The Kier molecular flexibility index (Phi) is 11.2. The normalized spacial score (nSPS) is 11.8. The fraction of sp³-hybridized carbons (Fsp3) is 0.231. The average molecular weight is 517 g/mol. The van der Waals surface area contributed by atoms with Crippen LogP contribution < -0.4 is 18.9 Å². The molecular weight excluding hydrogens is 488 g/mol. The smallest absolute Gasteiger partial charge is 0.225 e. The molecule has 0 fully saturated rings. The van der Waals surface area contributed by atoms with Crippen molar-refractivity contribution in [2.75, 3.05) is 35.0 Å². The van der Waals surface area contributed by atoms with Gasteiger partial charge in [-0.3, -0.25) is 4.79 Å². The molecule has 0 amide bonds. The van der Waals surface area contributed by atoms with Crippen LogP contribution in [0.15, 0.2) is 59.2 Å². The Balaban J connectivity index is 2.35. The number of allylic oxidation sites excluding steroid dienone is 3. The summed E-state index contributed by atoms with van der Waals surface area (Å²) < 4.78 is 26.5. The Morgan fingerprint density at radius 2 is 1.34 bits per heavy atom. The maximum Gasteiger partial charge on any atom is 0.225 e. The third-order valence-corrected chi connectivity index (χ3v) is 5.85. The zero-order valence-electron chi connectivity index (χ0n) is 20.2. The molecule has 2 aromatic carbocycles. The third kappa shape index (κ3) is 8.08. The number of ketones is 1. The summed E-state index contributed by atoms with van der Waals surface area (Å²) in [6, 6.07) is 10.5. The lowest BCUT2D eigenvalue weighted by Crippen LogP contribution is -2.04. The van der Waals surface area contributed by atoms with Crippen LogP contribution in [0.25, 0.3) is 12.2 Å². The zero-order valence-corrected chi connectivity index (χ0v) is 21.8. The number of benzene rings is 2. The molecule has 2 rings (SSSR count). The van der Waals surface area contributed by atoms with Crippen molar-refractivity contribution in [1.29, 1.82) is 0 Å². The summed E-state index contributed by atoms with van der Waals surface area (Å²) in [6.45, 7) is 2.13. The van der Waals surface area contributed by atoms with Crippen molar-refractivity contribution >= 4 is 46.3 Å². The van der Waals surface area contributed by atoms with Gasteiger partial charge >= 0.3 is 0 Å². The number of rotatable bonds is 11. The molecule has 0 unspecified atom stereocenters. The average Bonchev–Trinajstić information content (AvgIpc) is 2.88. The first-order valence-corrected chi connectivity index (χ1v) is 11.7. The molecule has 186 valence electrons. The van der Waals surface area contributed by atoms with Crippen LogP contribution in [0, 0.1) is 0 Å². The maximum absolute atomic E-state index is 13.0. The number of thiocarbonyl (C=S) groups is 1. The van der Waals surface area contributed by atoms with E-state index in [1.165, 1.54) is 26.4 Å². The molecule has 0 bridgehead atoms. The van der Waals surface area contributed by atoms with E-state index in [1.54, 1.807) is 69.7 Å². The van der Waals surface area contributed by atoms with E-state index in [0.717, 1.165) is 17.3 Å². The summed E-state index contributed by atoms with van der Waals surface area (Å²) >= 11 is 6.06. The van der Waals surface area contributed by atoms with Gasteiger partial charge in [-0.05, 0) is 78.4 Å². The van der Waals surface area contributed by atoms with Gasteiger partial charge < -0.3 is 28.8 Å². The van der Waals surface area contributed by atoms with Crippen LogP contribution in [-0.2, 0) is 9.53 Å². The van der Waals surface area contributed by atoms with E-state index in [2.05, 4.69) is 0 Å². The first kappa shape index (κ1) is 27.8. The molecule has 2 aromatic rings. The molecule has 7 nitrogen and oxygen atoms in total. The number of hydrogen-bond donors (Lipinski definition) is 1. The van der Waals surface area contributed by atoms with Crippen LogP contribution in [-0.4, -0.2) is 50.3 Å². The Bertz CT molecular complexity index is 1140. The van der Waals surface area contributed by atoms with Crippen LogP contribution in [0.2, 0.25) is 0 Å². The van der Waals surface area contributed by atoms with Gasteiger partial charge in [-0.25, -0.2) is 0 Å². The minimum absolute atomic E-state index is 0.0249. The van der Waals surface area contributed by atoms with E-state index in [9.17, 15) is 9.90 Å². The summed E-state index contributed by atoms with van der Waals surface area (Å²) in [7, 11) is 6.17. The number of thioether (sulfide) groups is 1. The molecule has 0 radical (unpaired) electrons. The van der Waals surface area contributed by atoms with Crippen molar-refractivity contribution in [3.63, 3.8) is 0 Å². The number of carbonyl (C=O) groups excluding carboxylic acids is 1. The van der Waals surface area contributed by atoms with Crippen LogP contribution in [0.4, 0.5) is 0 Å². The van der Waals surface area contributed by atoms with Crippen molar-refractivity contribution in [3.05, 3.63) is 70.3 Å². The summed E-state index contributed by atoms with van der Waals surface area (Å²) in [5.41, 5.74) is 1.45. The molecule has 0 saturated carbocycles. The highest BCUT2D eigenvalue weighted by atomic mass is 32.2. The van der Waals surface area contributed by atoms with Crippen molar-refractivity contribution in [2.24, 2.45) is 0 Å². The van der Waals surface area contributed by atoms with Crippen LogP contribution in [0.3, 0.4) is 0 Å². The van der Waals surface area contributed by atoms with Crippen molar-refractivity contribution in [1.82, 2.24) is 0 Å². The molecule has 0 heterocycles. The lowest BCUT2D eigenvalue weighted by atomic mass is 10.1. The van der Waals surface area contributed by atoms with Gasteiger partial charge in [0.1, 0.15) is 10.7 Å². The lowest BCUT2D eigenvalue weighted by molar-refractivity contribution is -0.110. The molecule has 0 aliphatic heterocycles. The number of methoxy groups -OCH3 is 4. The van der Waals surface area contributed by atoms with E-state index in [1.807, 2.05) is 0 Å². The summed E-state index contributed by atoms with van der Waals surface area (Å²) in [5, 5.41) is 10.7. The molecule has 35 heavy (non-hydrogen) atoms. The molecule has 0 aliphatic carbocycles. The van der Waals surface area contributed by atoms with E-state index in [4.69, 9.17) is 35.9 Å². The molecular formula is C26H28O7S2. The number of hydrogen-bond acceptors (Lipinski definition) is 9. The standard InChI is InChI=1S/C26H28O7S2/c1-6-33-26(34)35-25(19(27)11-7-17-9-13-21(29-2)23(15-17)31-4)20(28)12-8-18-10-14-22(30-3)24(16-18)32-5/h7-16,27H,6H2,1-5H3/b11-7+,12-8+,25-19?.